The number of aromatic carboxylic acids is 1. The normalized spacial score (nSPS) is 12.1. The van der Waals surface area contributed by atoms with Gasteiger partial charge >= 0.3 is 5.97 Å². The van der Waals surface area contributed by atoms with E-state index >= 15 is 0 Å². The first-order valence-electron chi connectivity index (χ1n) is 5.09. The van der Waals surface area contributed by atoms with Crippen LogP contribution in [0.15, 0.2) is 18.3 Å². The summed E-state index contributed by atoms with van der Waals surface area (Å²) in [4.78, 5) is 14.6. The SMILES string of the molecule is CCCC(C)Nc1ccc(C(=O)O)cn1. The highest BCUT2D eigenvalue weighted by Gasteiger charge is 2.04. The van der Waals surface area contributed by atoms with Crippen molar-refractivity contribution in [1.82, 2.24) is 4.98 Å². The molecule has 1 heterocycles. The molecule has 15 heavy (non-hydrogen) atoms. The lowest BCUT2D eigenvalue weighted by Crippen LogP contribution is -2.15. The maximum absolute atomic E-state index is 10.6. The molecule has 0 bridgehead atoms. The number of carboxylic acids is 1. The highest BCUT2D eigenvalue weighted by molar-refractivity contribution is 5.87. The zero-order valence-electron chi connectivity index (χ0n) is 9.03. The van der Waals surface area contributed by atoms with Gasteiger partial charge in [0, 0.05) is 12.2 Å². The number of nitrogens with one attached hydrogen (secondary N) is 1. The molecule has 1 aromatic rings. The Morgan fingerprint density at radius 2 is 2.33 bits per heavy atom. The fraction of sp³-hybridized carbons (Fsp3) is 0.455. The molecule has 0 fully saturated rings. The van der Waals surface area contributed by atoms with Gasteiger partial charge in [0.15, 0.2) is 0 Å². The number of aromatic nitrogens is 1. The van der Waals surface area contributed by atoms with Gasteiger partial charge in [-0.15, -0.1) is 0 Å². The molecule has 0 aliphatic heterocycles. The summed E-state index contributed by atoms with van der Waals surface area (Å²) in [5.41, 5.74) is 0.212. The molecule has 0 aliphatic rings. The molecule has 0 spiro atoms. The summed E-state index contributed by atoms with van der Waals surface area (Å²) in [5, 5.41) is 11.9. The largest absolute Gasteiger partial charge is 0.478 e. The summed E-state index contributed by atoms with van der Waals surface area (Å²) in [6.45, 7) is 4.20. The van der Waals surface area contributed by atoms with Crippen molar-refractivity contribution in [2.75, 3.05) is 5.32 Å². The van der Waals surface area contributed by atoms with Crippen molar-refractivity contribution < 1.29 is 9.90 Å². The zero-order chi connectivity index (χ0) is 11.3. The van der Waals surface area contributed by atoms with Crippen LogP contribution in [0.25, 0.3) is 0 Å². The molecule has 4 nitrogen and oxygen atoms in total. The number of nitrogens with zero attached hydrogens (tertiary/aromatic N) is 1. The van der Waals surface area contributed by atoms with Crippen LogP contribution in [-0.2, 0) is 0 Å². The van der Waals surface area contributed by atoms with Gasteiger partial charge in [-0.2, -0.15) is 0 Å². The van der Waals surface area contributed by atoms with Gasteiger partial charge in [0.25, 0.3) is 0 Å². The smallest absolute Gasteiger partial charge is 0.337 e. The van der Waals surface area contributed by atoms with Crippen molar-refractivity contribution >= 4 is 11.8 Å². The minimum atomic E-state index is -0.948. The number of rotatable bonds is 5. The maximum Gasteiger partial charge on any atom is 0.337 e. The predicted molar refractivity (Wildman–Crippen MR) is 59.2 cm³/mol. The van der Waals surface area contributed by atoms with Crippen LogP contribution in [0.1, 0.15) is 37.0 Å². The van der Waals surface area contributed by atoms with Gasteiger partial charge < -0.3 is 10.4 Å². The highest BCUT2D eigenvalue weighted by Crippen LogP contribution is 2.08. The third kappa shape index (κ3) is 3.58. The van der Waals surface area contributed by atoms with E-state index in [0.29, 0.717) is 6.04 Å². The Labute approximate surface area is 89.3 Å². The van der Waals surface area contributed by atoms with E-state index < -0.39 is 5.97 Å². The van der Waals surface area contributed by atoms with Crippen molar-refractivity contribution in [2.45, 2.75) is 32.7 Å². The van der Waals surface area contributed by atoms with Crippen LogP contribution >= 0.6 is 0 Å². The van der Waals surface area contributed by atoms with Gasteiger partial charge in [-0.3, -0.25) is 0 Å². The van der Waals surface area contributed by atoms with Gasteiger partial charge in [-0.1, -0.05) is 13.3 Å². The van der Waals surface area contributed by atoms with Crippen LogP contribution < -0.4 is 5.32 Å². The molecule has 0 aliphatic carbocycles. The van der Waals surface area contributed by atoms with Crippen molar-refractivity contribution in [3.63, 3.8) is 0 Å². The molecule has 1 unspecified atom stereocenters. The summed E-state index contributed by atoms with van der Waals surface area (Å²) in [5.74, 6) is -0.225. The third-order valence-electron chi connectivity index (χ3n) is 2.13. The van der Waals surface area contributed by atoms with Gasteiger partial charge in [-0.05, 0) is 25.5 Å². The van der Waals surface area contributed by atoms with E-state index in [1.165, 1.54) is 6.20 Å². The fourth-order valence-corrected chi connectivity index (χ4v) is 1.36. The molecular weight excluding hydrogens is 192 g/mol. The molecule has 1 atom stereocenters. The number of carboxylic acid groups (broad SMARTS) is 1. The zero-order valence-corrected chi connectivity index (χ0v) is 9.03. The Balaban J connectivity index is 2.60. The Hall–Kier alpha value is -1.58. The van der Waals surface area contributed by atoms with Crippen LogP contribution in [0.5, 0.6) is 0 Å². The molecule has 0 aromatic carbocycles. The number of carbonyl (C=O) groups is 1. The summed E-state index contributed by atoms with van der Waals surface area (Å²) in [7, 11) is 0. The molecule has 82 valence electrons. The lowest BCUT2D eigenvalue weighted by atomic mass is 10.2. The Morgan fingerprint density at radius 1 is 1.60 bits per heavy atom. The molecule has 0 amide bonds. The number of anilines is 1. The summed E-state index contributed by atoms with van der Waals surface area (Å²) >= 11 is 0. The monoisotopic (exact) mass is 208 g/mol. The van der Waals surface area contributed by atoms with Crippen LogP contribution in [0.2, 0.25) is 0 Å². The first kappa shape index (κ1) is 11.5. The lowest BCUT2D eigenvalue weighted by molar-refractivity contribution is 0.0696. The highest BCUT2D eigenvalue weighted by atomic mass is 16.4. The van der Waals surface area contributed by atoms with Crippen molar-refractivity contribution in [1.29, 1.82) is 0 Å². The topological polar surface area (TPSA) is 62.2 Å². The van der Waals surface area contributed by atoms with Crippen LogP contribution in [0.3, 0.4) is 0 Å². The quantitative estimate of drug-likeness (QED) is 0.779. The average molecular weight is 208 g/mol. The van der Waals surface area contributed by atoms with Gasteiger partial charge in [-0.25, -0.2) is 9.78 Å². The van der Waals surface area contributed by atoms with Crippen LogP contribution in [0.4, 0.5) is 5.82 Å². The Bertz CT molecular complexity index is 322. The Kier molecular flexibility index (Phi) is 4.09. The maximum atomic E-state index is 10.6. The Morgan fingerprint density at radius 3 is 2.80 bits per heavy atom. The van der Waals surface area contributed by atoms with Gasteiger partial charge in [0.2, 0.25) is 0 Å². The minimum Gasteiger partial charge on any atom is -0.478 e. The van der Waals surface area contributed by atoms with Gasteiger partial charge in [0.05, 0.1) is 5.56 Å². The first-order chi connectivity index (χ1) is 7.13. The second-order valence-corrected chi connectivity index (χ2v) is 3.57. The standard InChI is InChI=1S/C11H16N2O2/c1-3-4-8(2)13-10-6-5-9(7-12-10)11(14)15/h5-8H,3-4H2,1-2H3,(H,12,13)(H,14,15). The molecule has 0 radical (unpaired) electrons. The second kappa shape index (κ2) is 5.34. The van der Waals surface area contributed by atoms with Crippen LogP contribution in [0, 0.1) is 0 Å². The summed E-state index contributed by atoms with van der Waals surface area (Å²) in [6.07, 6.45) is 3.55. The van der Waals surface area contributed by atoms with E-state index in [9.17, 15) is 4.79 Å². The van der Waals surface area contributed by atoms with Crippen molar-refractivity contribution in [2.24, 2.45) is 0 Å². The average Bonchev–Trinajstić information content (AvgIpc) is 2.18. The number of pyridine rings is 1. The van der Waals surface area contributed by atoms with Crippen molar-refractivity contribution in [3.8, 4) is 0 Å². The molecule has 4 heteroatoms. The van der Waals surface area contributed by atoms with E-state index in [1.54, 1.807) is 12.1 Å². The minimum absolute atomic E-state index is 0.212. The third-order valence-corrected chi connectivity index (χ3v) is 2.13. The first-order valence-corrected chi connectivity index (χ1v) is 5.09. The molecule has 0 saturated carbocycles. The van der Waals surface area contributed by atoms with Crippen molar-refractivity contribution in [3.05, 3.63) is 23.9 Å². The molecule has 1 aromatic heterocycles. The van der Waals surface area contributed by atoms with Gasteiger partial charge in [0.1, 0.15) is 5.82 Å². The van der Waals surface area contributed by atoms with E-state index in [4.69, 9.17) is 5.11 Å². The molecular formula is C11H16N2O2. The summed E-state index contributed by atoms with van der Waals surface area (Å²) in [6, 6.07) is 3.60. The van der Waals surface area contributed by atoms with E-state index in [-0.39, 0.29) is 5.56 Å². The lowest BCUT2D eigenvalue weighted by Gasteiger charge is -2.12. The number of hydrogen-bond acceptors (Lipinski definition) is 3. The fourth-order valence-electron chi connectivity index (χ4n) is 1.36. The van der Waals surface area contributed by atoms with E-state index in [0.717, 1.165) is 18.7 Å². The molecule has 0 saturated heterocycles. The summed E-state index contributed by atoms with van der Waals surface area (Å²) < 4.78 is 0. The predicted octanol–water partition coefficient (Wildman–Crippen LogP) is 2.38. The van der Waals surface area contributed by atoms with Crippen LogP contribution in [-0.4, -0.2) is 22.1 Å². The van der Waals surface area contributed by atoms with E-state index in [2.05, 4.69) is 24.1 Å². The molecule has 1 rings (SSSR count). The number of hydrogen-bond donors (Lipinski definition) is 2. The van der Waals surface area contributed by atoms with E-state index in [1.807, 2.05) is 0 Å². The second-order valence-electron chi connectivity index (χ2n) is 3.57. The molecule has 2 N–H and O–H groups in total.